The molecule has 1 amide bonds. The molecule has 8 heteroatoms. The first-order valence-corrected chi connectivity index (χ1v) is 10.4. The number of carbonyl (C=O) groups is 1. The van der Waals surface area contributed by atoms with Gasteiger partial charge in [-0.2, -0.15) is 0 Å². The van der Waals surface area contributed by atoms with Crippen LogP contribution in [0.4, 0.5) is 0 Å². The molecular formula is C22H27N7O. The van der Waals surface area contributed by atoms with Crippen LogP contribution in [0, 0.1) is 0 Å². The van der Waals surface area contributed by atoms with Crippen LogP contribution in [0.3, 0.4) is 0 Å². The lowest BCUT2D eigenvalue weighted by molar-refractivity contribution is -0.131. The zero-order valence-corrected chi connectivity index (χ0v) is 17.2. The Labute approximate surface area is 176 Å². The first-order chi connectivity index (χ1) is 14.7. The lowest BCUT2D eigenvalue weighted by Gasteiger charge is -2.16. The summed E-state index contributed by atoms with van der Waals surface area (Å²) >= 11 is 0. The van der Waals surface area contributed by atoms with Crippen LogP contribution in [0.2, 0.25) is 0 Å². The number of amides is 1. The number of pyridine rings is 1. The molecule has 0 saturated carbocycles. The third kappa shape index (κ3) is 4.59. The summed E-state index contributed by atoms with van der Waals surface area (Å²) in [6, 6.07) is 14.1. The second-order valence-electron chi connectivity index (χ2n) is 7.29. The van der Waals surface area contributed by atoms with E-state index in [1.54, 1.807) is 0 Å². The molecule has 0 atom stereocenters. The zero-order valence-electron chi connectivity index (χ0n) is 17.2. The maximum atomic E-state index is 12.5. The molecule has 0 aliphatic carbocycles. The number of hydrogen-bond acceptors (Lipinski definition) is 4. The summed E-state index contributed by atoms with van der Waals surface area (Å²) in [5.74, 6) is 1.70. The largest absolute Gasteiger partial charge is 0.357 e. The topological polar surface area (TPSA) is 86.9 Å². The third-order valence-corrected chi connectivity index (χ3v) is 5.16. The molecule has 0 spiro atoms. The van der Waals surface area contributed by atoms with Gasteiger partial charge in [0.1, 0.15) is 6.54 Å². The molecule has 2 aromatic heterocycles. The number of nitrogens with zero attached hydrogens (tertiary/aromatic N) is 5. The average Bonchev–Trinajstić information content (AvgIpc) is 3.39. The highest BCUT2D eigenvalue weighted by molar-refractivity contribution is 5.80. The van der Waals surface area contributed by atoms with E-state index in [4.69, 9.17) is 0 Å². The first-order valence-electron chi connectivity index (χ1n) is 10.4. The minimum absolute atomic E-state index is 0.199. The Bertz CT molecular complexity index is 1020. The van der Waals surface area contributed by atoms with Gasteiger partial charge < -0.3 is 15.5 Å². The van der Waals surface area contributed by atoms with Gasteiger partial charge in [-0.15, -0.1) is 10.2 Å². The average molecular weight is 406 g/mol. The molecule has 4 rings (SSSR count). The van der Waals surface area contributed by atoms with E-state index in [-0.39, 0.29) is 5.91 Å². The van der Waals surface area contributed by atoms with Crippen LogP contribution < -0.4 is 10.6 Å². The Kier molecular flexibility index (Phi) is 6.22. The van der Waals surface area contributed by atoms with Crippen LogP contribution in [-0.2, 0) is 24.4 Å². The van der Waals surface area contributed by atoms with E-state index in [1.165, 1.54) is 11.1 Å². The van der Waals surface area contributed by atoms with Gasteiger partial charge in [-0.25, -0.2) is 4.99 Å². The van der Waals surface area contributed by atoms with Crippen molar-refractivity contribution in [2.45, 2.75) is 39.4 Å². The standard InChI is InChI=1S/C22H27N7O/c1-2-23-22(25-14-20-27-26-19-10-5-6-13-29(19)20)24-12-7-11-21(30)28-15-17-8-3-4-9-18(17)16-28/h3-6,8-10,13H,2,7,11-12,14-16H2,1H3,(H2,23,24,25). The number of hydrogen-bond donors (Lipinski definition) is 2. The van der Waals surface area contributed by atoms with Crippen molar-refractivity contribution in [3.05, 3.63) is 65.6 Å². The summed E-state index contributed by atoms with van der Waals surface area (Å²) in [7, 11) is 0. The molecule has 3 heterocycles. The van der Waals surface area contributed by atoms with Crippen LogP contribution in [-0.4, -0.2) is 44.5 Å². The SMILES string of the molecule is CCNC(=NCc1nnc2ccccn12)NCCCC(=O)N1Cc2ccccc2C1. The Morgan fingerprint density at radius 2 is 1.83 bits per heavy atom. The van der Waals surface area contributed by atoms with Crippen LogP contribution in [0.25, 0.3) is 5.65 Å². The van der Waals surface area contributed by atoms with Crippen molar-refractivity contribution in [3.63, 3.8) is 0 Å². The van der Waals surface area contributed by atoms with E-state index in [0.717, 1.165) is 37.5 Å². The van der Waals surface area contributed by atoms with E-state index >= 15 is 0 Å². The van der Waals surface area contributed by atoms with Crippen LogP contribution in [0.5, 0.6) is 0 Å². The highest BCUT2D eigenvalue weighted by atomic mass is 16.2. The predicted octanol–water partition coefficient (Wildman–Crippen LogP) is 2.11. The van der Waals surface area contributed by atoms with E-state index in [2.05, 4.69) is 38.0 Å². The second-order valence-corrected chi connectivity index (χ2v) is 7.29. The van der Waals surface area contributed by atoms with E-state index in [0.29, 0.717) is 25.5 Å². The molecule has 8 nitrogen and oxygen atoms in total. The second kappa shape index (κ2) is 9.39. The summed E-state index contributed by atoms with van der Waals surface area (Å²) in [4.78, 5) is 19.1. The molecule has 1 aromatic carbocycles. The van der Waals surface area contributed by atoms with Crippen molar-refractivity contribution < 1.29 is 4.79 Å². The van der Waals surface area contributed by atoms with Gasteiger partial charge in [0.2, 0.25) is 5.91 Å². The van der Waals surface area contributed by atoms with Gasteiger partial charge >= 0.3 is 0 Å². The number of rotatable bonds is 7. The Morgan fingerprint density at radius 3 is 2.60 bits per heavy atom. The van der Waals surface area contributed by atoms with E-state index < -0.39 is 0 Å². The van der Waals surface area contributed by atoms with Gasteiger partial charge in [0.05, 0.1) is 0 Å². The fourth-order valence-electron chi connectivity index (χ4n) is 3.60. The molecule has 0 unspecified atom stereocenters. The Hall–Kier alpha value is -3.42. The van der Waals surface area contributed by atoms with Gasteiger partial charge in [0, 0.05) is 38.8 Å². The van der Waals surface area contributed by atoms with Gasteiger partial charge in [-0.3, -0.25) is 9.20 Å². The van der Waals surface area contributed by atoms with Gasteiger partial charge in [-0.05, 0) is 36.6 Å². The first kappa shape index (κ1) is 19.9. The van der Waals surface area contributed by atoms with Crippen molar-refractivity contribution in [2.24, 2.45) is 4.99 Å². The lowest BCUT2D eigenvalue weighted by atomic mass is 10.1. The number of aliphatic imine (C=N–C) groups is 1. The Morgan fingerprint density at radius 1 is 1.07 bits per heavy atom. The highest BCUT2D eigenvalue weighted by Crippen LogP contribution is 2.22. The summed E-state index contributed by atoms with van der Waals surface area (Å²) in [6.07, 6.45) is 3.21. The summed E-state index contributed by atoms with van der Waals surface area (Å²) < 4.78 is 1.93. The minimum Gasteiger partial charge on any atom is -0.357 e. The number of guanidine groups is 1. The maximum absolute atomic E-state index is 12.5. The fourth-order valence-corrected chi connectivity index (χ4v) is 3.60. The molecule has 30 heavy (non-hydrogen) atoms. The maximum Gasteiger partial charge on any atom is 0.223 e. The van der Waals surface area contributed by atoms with Crippen molar-refractivity contribution in [1.29, 1.82) is 0 Å². The molecule has 0 radical (unpaired) electrons. The number of nitrogens with one attached hydrogen (secondary N) is 2. The highest BCUT2D eigenvalue weighted by Gasteiger charge is 2.22. The van der Waals surface area contributed by atoms with Crippen molar-refractivity contribution in [1.82, 2.24) is 30.1 Å². The van der Waals surface area contributed by atoms with Crippen LogP contribution >= 0.6 is 0 Å². The third-order valence-electron chi connectivity index (χ3n) is 5.16. The lowest BCUT2D eigenvalue weighted by Crippen LogP contribution is -2.38. The summed E-state index contributed by atoms with van der Waals surface area (Å²) in [5, 5.41) is 14.9. The van der Waals surface area contributed by atoms with Crippen LogP contribution in [0.15, 0.2) is 53.7 Å². The quantitative estimate of drug-likeness (QED) is 0.357. The number of benzene rings is 1. The molecule has 1 aliphatic rings. The summed E-state index contributed by atoms with van der Waals surface area (Å²) in [5.41, 5.74) is 3.32. The zero-order chi connectivity index (χ0) is 20.8. The number of aromatic nitrogens is 3. The molecule has 0 saturated heterocycles. The minimum atomic E-state index is 0.199. The smallest absolute Gasteiger partial charge is 0.223 e. The Balaban J connectivity index is 1.25. The van der Waals surface area contributed by atoms with Crippen molar-refractivity contribution >= 4 is 17.5 Å². The molecule has 3 aromatic rings. The van der Waals surface area contributed by atoms with Gasteiger partial charge in [0.15, 0.2) is 17.4 Å². The van der Waals surface area contributed by atoms with Gasteiger partial charge in [-0.1, -0.05) is 30.3 Å². The molecule has 0 fully saturated rings. The van der Waals surface area contributed by atoms with E-state index in [9.17, 15) is 4.79 Å². The predicted molar refractivity (Wildman–Crippen MR) is 116 cm³/mol. The van der Waals surface area contributed by atoms with E-state index in [1.807, 2.05) is 52.8 Å². The fraction of sp³-hybridized carbons (Fsp3) is 0.364. The normalized spacial score (nSPS) is 13.5. The number of carbonyl (C=O) groups excluding carboxylic acids is 1. The monoisotopic (exact) mass is 405 g/mol. The van der Waals surface area contributed by atoms with Crippen molar-refractivity contribution in [3.8, 4) is 0 Å². The molecular weight excluding hydrogens is 378 g/mol. The van der Waals surface area contributed by atoms with Gasteiger partial charge in [0.25, 0.3) is 0 Å². The number of fused-ring (bicyclic) bond motifs is 2. The van der Waals surface area contributed by atoms with Crippen LogP contribution in [0.1, 0.15) is 36.7 Å². The molecule has 0 bridgehead atoms. The van der Waals surface area contributed by atoms with Crippen molar-refractivity contribution in [2.75, 3.05) is 13.1 Å². The molecule has 156 valence electrons. The molecule has 1 aliphatic heterocycles. The molecule has 2 N–H and O–H groups in total. The summed E-state index contributed by atoms with van der Waals surface area (Å²) in [6.45, 7) is 5.33.